The summed E-state index contributed by atoms with van der Waals surface area (Å²) in [6.45, 7) is 0. The van der Waals surface area contributed by atoms with Crippen molar-refractivity contribution in [2.24, 2.45) is 5.10 Å². The van der Waals surface area contributed by atoms with Crippen molar-refractivity contribution in [1.29, 1.82) is 0 Å². The number of thiazole rings is 1. The zero-order chi connectivity index (χ0) is 24.0. The molecule has 0 bridgehead atoms. The maximum Gasteiger partial charge on any atom is 0.290 e. The van der Waals surface area contributed by atoms with Gasteiger partial charge in [0, 0.05) is 11.3 Å². The number of hydrazone groups is 1. The van der Waals surface area contributed by atoms with Gasteiger partial charge >= 0.3 is 0 Å². The Balaban J connectivity index is 1.36. The van der Waals surface area contributed by atoms with Crippen molar-refractivity contribution >= 4 is 45.9 Å². The fraction of sp³-hybridized carbons (Fsp3) is 0. The molecule has 0 atom stereocenters. The van der Waals surface area contributed by atoms with Crippen LogP contribution in [0.25, 0.3) is 16.9 Å². The molecule has 2 aromatic heterocycles. The third-order valence-corrected chi connectivity index (χ3v) is 6.30. The van der Waals surface area contributed by atoms with Crippen LogP contribution in [0.5, 0.6) is 0 Å². The Morgan fingerprint density at radius 1 is 0.943 bits per heavy atom. The molecule has 0 aliphatic rings. The normalized spacial score (nSPS) is 11.0. The van der Waals surface area contributed by atoms with Gasteiger partial charge in [0.2, 0.25) is 0 Å². The van der Waals surface area contributed by atoms with Crippen molar-refractivity contribution in [2.75, 3.05) is 5.32 Å². The van der Waals surface area contributed by atoms with Crippen molar-refractivity contribution in [3.8, 4) is 16.9 Å². The van der Waals surface area contributed by atoms with E-state index in [0.717, 1.165) is 16.9 Å². The highest BCUT2D eigenvalue weighted by atomic mass is 35.5. The zero-order valence-corrected chi connectivity index (χ0v) is 19.9. The van der Waals surface area contributed by atoms with Crippen LogP contribution in [0, 0.1) is 0 Å². The first-order valence-corrected chi connectivity index (χ1v) is 11.9. The molecule has 0 fully saturated rings. The lowest BCUT2D eigenvalue weighted by molar-refractivity contribution is 0.0947. The third kappa shape index (κ3) is 5.29. The SMILES string of the molecule is O=C(N/N=C/c1sc(Nc2ccccc2)nc1Cl)c1cc(-c2ccccc2)nn1-c1ccccc1. The monoisotopic (exact) mass is 498 g/mol. The van der Waals surface area contributed by atoms with E-state index in [0.29, 0.717) is 26.5 Å². The quantitative estimate of drug-likeness (QED) is 0.208. The Labute approximate surface area is 210 Å². The fourth-order valence-corrected chi connectivity index (χ4v) is 4.41. The van der Waals surface area contributed by atoms with E-state index in [1.165, 1.54) is 17.6 Å². The summed E-state index contributed by atoms with van der Waals surface area (Å²) in [7, 11) is 0. The number of carbonyl (C=O) groups is 1. The molecule has 5 aromatic rings. The Morgan fingerprint density at radius 2 is 1.60 bits per heavy atom. The molecule has 7 nitrogen and oxygen atoms in total. The van der Waals surface area contributed by atoms with Gasteiger partial charge in [-0.2, -0.15) is 10.2 Å². The number of benzene rings is 3. The minimum absolute atomic E-state index is 0.298. The number of anilines is 2. The maximum absolute atomic E-state index is 13.1. The second kappa shape index (κ2) is 10.3. The Morgan fingerprint density at radius 3 is 2.31 bits per heavy atom. The summed E-state index contributed by atoms with van der Waals surface area (Å²) < 4.78 is 1.61. The summed E-state index contributed by atoms with van der Waals surface area (Å²) >= 11 is 7.59. The number of rotatable bonds is 7. The van der Waals surface area contributed by atoms with Gasteiger partial charge < -0.3 is 5.32 Å². The average Bonchev–Trinajstić information content (AvgIpc) is 3.49. The van der Waals surface area contributed by atoms with Crippen molar-refractivity contribution in [3.63, 3.8) is 0 Å². The van der Waals surface area contributed by atoms with E-state index in [-0.39, 0.29) is 0 Å². The number of nitrogens with one attached hydrogen (secondary N) is 2. The molecule has 0 aliphatic heterocycles. The summed E-state index contributed by atoms with van der Waals surface area (Å²) in [6.07, 6.45) is 1.48. The van der Waals surface area contributed by atoms with Crippen molar-refractivity contribution in [3.05, 3.63) is 113 Å². The van der Waals surface area contributed by atoms with Crippen LogP contribution in [-0.2, 0) is 0 Å². The number of hydrogen-bond acceptors (Lipinski definition) is 6. The number of halogens is 1. The van der Waals surface area contributed by atoms with E-state index >= 15 is 0 Å². The van der Waals surface area contributed by atoms with Gasteiger partial charge in [-0.25, -0.2) is 15.1 Å². The number of nitrogens with zero attached hydrogens (tertiary/aromatic N) is 4. The zero-order valence-electron chi connectivity index (χ0n) is 18.3. The lowest BCUT2D eigenvalue weighted by Gasteiger charge is -2.05. The second-order valence-electron chi connectivity index (χ2n) is 7.39. The van der Waals surface area contributed by atoms with Gasteiger partial charge in [-0.1, -0.05) is 89.7 Å². The second-order valence-corrected chi connectivity index (χ2v) is 8.78. The van der Waals surface area contributed by atoms with Crippen LogP contribution >= 0.6 is 22.9 Å². The van der Waals surface area contributed by atoms with Crippen LogP contribution in [0.2, 0.25) is 5.15 Å². The van der Waals surface area contributed by atoms with Gasteiger partial charge in [-0.05, 0) is 30.3 Å². The van der Waals surface area contributed by atoms with E-state index in [4.69, 9.17) is 11.6 Å². The predicted molar refractivity (Wildman–Crippen MR) is 141 cm³/mol. The first-order valence-electron chi connectivity index (χ1n) is 10.7. The van der Waals surface area contributed by atoms with Gasteiger partial charge in [-0.15, -0.1) is 0 Å². The number of aromatic nitrogens is 3. The fourth-order valence-electron chi connectivity index (χ4n) is 3.36. The molecule has 0 saturated carbocycles. The molecule has 3 aromatic carbocycles. The van der Waals surface area contributed by atoms with Gasteiger partial charge in [0.1, 0.15) is 5.69 Å². The van der Waals surface area contributed by atoms with E-state index < -0.39 is 5.91 Å². The molecule has 2 heterocycles. The molecule has 0 radical (unpaired) electrons. The van der Waals surface area contributed by atoms with Gasteiger partial charge in [0.25, 0.3) is 5.91 Å². The van der Waals surface area contributed by atoms with E-state index in [1.54, 1.807) is 10.7 Å². The maximum atomic E-state index is 13.1. The minimum Gasteiger partial charge on any atom is -0.331 e. The smallest absolute Gasteiger partial charge is 0.290 e. The molecule has 0 unspecified atom stereocenters. The highest BCUT2D eigenvalue weighted by Crippen LogP contribution is 2.28. The molecule has 35 heavy (non-hydrogen) atoms. The van der Waals surface area contributed by atoms with Crippen molar-refractivity contribution < 1.29 is 4.79 Å². The molecule has 0 aliphatic carbocycles. The number of carbonyl (C=O) groups excluding carboxylic acids is 1. The molecular weight excluding hydrogens is 480 g/mol. The predicted octanol–water partition coefficient (Wildman–Crippen LogP) is 6.16. The summed E-state index contributed by atoms with van der Waals surface area (Å²) in [6, 6.07) is 30.6. The number of hydrogen-bond donors (Lipinski definition) is 2. The Hall–Kier alpha value is -4.27. The third-order valence-electron chi connectivity index (χ3n) is 4.99. The summed E-state index contributed by atoms with van der Waals surface area (Å²) in [5.41, 5.74) is 6.20. The molecule has 0 saturated heterocycles. The summed E-state index contributed by atoms with van der Waals surface area (Å²) in [4.78, 5) is 18.0. The van der Waals surface area contributed by atoms with Crippen LogP contribution in [0.3, 0.4) is 0 Å². The highest BCUT2D eigenvalue weighted by molar-refractivity contribution is 7.17. The highest BCUT2D eigenvalue weighted by Gasteiger charge is 2.17. The minimum atomic E-state index is -0.400. The molecule has 172 valence electrons. The lowest BCUT2D eigenvalue weighted by atomic mass is 10.1. The van der Waals surface area contributed by atoms with E-state index in [2.05, 4.69) is 25.9 Å². The van der Waals surface area contributed by atoms with Crippen LogP contribution in [0.1, 0.15) is 15.4 Å². The van der Waals surface area contributed by atoms with E-state index in [1.807, 2.05) is 91.0 Å². The lowest BCUT2D eigenvalue weighted by Crippen LogP contribution is -2.21. The standard InChI is InChI=1S/C26H19ClN6OS/c27-24-23(35-26(30-24)29-19-12-6-2-7-13-19)17-28-31-25(34)22-16-21(18-10-4-1-5-11-18)32-33(22)20-14-8-3-9-15-20/h1-17H,(H,29,30)(H,31,34)/b28-17+. The Bertz CT molecular complexity index is 1470. The molecule has 0 spiro atoms. The largest absolute Gasteiger partial charge is 0.331 e. The molecule has 2 N–H and O–H groups in total. The van der Waals surface area contributed by atoms with Gasteiger partial charge in [0.15, 0.2) is 10.3 Å². The topological polar surface area (TPSA) is 84.2 Å². The average molecular weight is 499 g/mol. The first kappa shape index (κ1) is 22.5. The molecule has 5 rings (SSSR count). The number of para-hydroxylation sites is 2. The van der Waals surface area contributed by atoms with Gasteiger partial charge in [-0.3, -0.25) is 4.79 Å². The summed E-state index contributed by atoms with van der Waals surface area (Å²) in [5.74, 6) is -0.400. The number of amides is 1. The van der Waals surface area contributed by atoms with Crippen molar-refractivity contribution in [1.82, 2.24) is 20.2 Å². The van der Waals surface area contributed by atoms with Crippen molar-refractivity contribution in [2.45, 2.75) is 0 Å². The molecule has 1 amide bonds. The van der Waals surface area contributed by atoms with Crippen LogP contribution < -0.4 is 10.7 Å². The van der Waals surface area contributed by atoms with Crippen LogP contribution in [0.4, 0.5) is 10.8 Å². The molecule has 9 heteroatoms. The van der Waals surface area contributed by atoms with E-state index in [9.17, 15) is 4.79 Å². The van der Waals surface area contributed by atoms with Gasteiger partial charge in [0.05, 0.1) is 22.5 Å². The molecular formula is C26H19ClN6OS. The first-order chi connectivity index (χ1) is 17.2. The van der Waals surface area contributed by atoms with Crippen LogP contribution in [0.15, 0.2) is 102 Å². The summed E-state index contributed by atoms with van der Waals surface area (Å²) in [5, 5.41) is 12.9. The Kier molecular flexibility index (Phi) is 6.65. The van der Waals surface area contributed by atoms with Crippen LogP contribution in [-0.4, -0.2) is 26.9 Å².